The molecular formula is C19H22N6O. The highest BCUT2D eigenvalue weighted by atomic mass is 16.2. The number of benzene rings is 1. The Morgan fingerprint density at radius 3 is 2.85 bits per heavy atom. The molecule has 0 unspecified atom stereocenters. The van der Waals surface area contributed by atoms with Gasteiger partial charge in [0.25, 0.3) is 0 Å². The second-order valence-corrected chi connectivity index (χ2v) is 6.54. The van der Waals surface area contributed by atoms with E-state index >= 15 is 0 Å². The lowest BCUT2D eigenvalue weighted by atomic mass is 10.1. The number of carbonyl (C=O) groups excluding carboxylic acids is 1. The number of aromatic nitrogens is 4. The van der Waals surface area contributed by atoms with E-state index in [-0.39, 0.29) is 12.1 Å². The molecule has 134 valence electrons. The van der Waals surface area contributed by atoms with Crippen LogP contribution in [-0.4, -0.2) is 43.1 Å². The summed E-state index contributed by atoms with van der Waals surface area (Å²) in [4.78, 5) is 14.8. The van der Waals surface area contributed by atoms with Gasteiger partial charge in [-0.25, -0.2) is 4.79 Å². The number of hydrogen-bond donors (Lipinski definition) is 1. The summed E-state index contributed by atoms with van der Waals surface area (Å²) in [5, 5.41) is 11.6. The molecule has 3 aromatic rings. The van der Waals surface area contributed by atoms with Crippen molar-refractivity contribution in [3.8, 4) is 11.1 Å². The Morgan fingerprint density at radius 2 is 2.08 bits per heavy atom. The second kappa shape index (κ2) is 7.03. The van der Waals surface area contributed by atoms with Crippen LogP contribution in [0.3, 0.4) is 0 Å². The van der Waals surface area contributed by atoms with Crippen LogP contribution >= 0.6 is 0 Å². The van der Waals surface area contributed by atoms with Gasteiger partial charge in [0, 0.05) is 31.5 Å². The van der Waals surface area contributed by atoms with E-state index in [2.05, 4.69) is 15.5 Å². The molecule has 4 rings (SSSR count). The van der Waals surface area contributed by atoms with Crippen LogP contribution in [0.1, 0.15) is 12.8 Å². The molecule has 7 heteroatoms. The van der Waals surface area contributed by atoms with Crippen LogP contribution in [0.4, 0.5) is 10.6 Å². The summed E-state index contributed by atoms with van der Waals surface area (Å²) in [7, 11) is 1.84. The number of likely N-dealkylation sites (tertiary alicyclic amines) is 1. The van der Waals surface area contributed by atoms with Crippen LogP contribution in [-0.2, 0) is 13.6 Å². The van der Waals surface area contributed by atoms with Gasteiger partial charge in [0.15, 0.2) is 0 Å². The summed E-state index contributed by atoms with van der Waals surface area (Å²) >= 11 is 0. The Kier molecular flexibility index (Phi) is 4.43. The van der Waals surface area contributed by atoms with Crippen molar-refractivity contribution in [2.45, 2.75) is 25.4 Å². The third-order valence-corrected chi connectivity index (χ3v) is 4.84. The number of hydrogen-bond acceptors (Lipinski definition) is 3. The minimum atomic E-state index is -0.0829. The number of rotatable bonds is 4. The molecule has 0 radical (unpaired) electrons. The van der Waals surface area contributed by atoms with Gasteiger partial charge < -0.3 is 4.90 Å². The highest BCUT2D eigenvalue weighted by molar-refractivity contribution is 5.93. The van der Waals surface area contributed by atoms with Crippen LogP contribution in [0, 0.1) is 0 Å². The van der Waals surface area contributed by atoms with Gasteiger partial charge in [0.2, 0.25) is 0 Å². The summed E-state index contributed by atoms with van der Waals surface area (Å²) in [6, 6.07) is 11.9. The van der Waals surface area contributed by atoms with Gasteiger partial charge in [0.05, 0.1) is 18.8 Å². The van der Waals surface area contributed by atoms with E-state index in [1.54, 1.807) is 17.1 Å². The second-order valence-electron chi connectivity index (χ2n) is 6.54. The first-order chi connectivity index (χ1) is 12.7. The molecule has 26 heavy (non-hydrogen) atoms. The molecule has 1 saturated heterocycles. The first-order valence-corrected chi connectivity index (χ1v) is 8.85. The fourth-order valence-electron chi connectivity index (χ4n) is 3.51. The molecule has 3 heterocycles. The highest BCUT2D eigenvalue weighted by Crippen LogP contribution is 2.28. The van der Waals surface area contributed by atoms with Crippen LogP contribution in [0.15, 0.2) is 55.0 Å². The monoisotopic (exact) mass is 350 g/mol. The maximum atomic E-state index is 12.9. The first-order valence-electron chi connectivity index (χ1n) is 8.85. The Balaban J connectivity index is 1.52. The minimum absolute atomic E-state index is 0.0829. The van der Waals surface area contributed by atoms with Crippen molar-refractivity contribution >= 4 is 11.8 Å². The SMILES string of the molecule is Cn1ncc(-c2ccccc2)c1NC(=O)N1CCC[C@H]1Cn1cccn1. The molecular weight excluding hydrogens is 328 g/mol. The highest BCUT2D eigenvalue weighted by Gasteiger charge is 2.30. The molecule has 2 amide bonds. The minimum Gasteiger partial charge on any atom is -0.320 e. The van der Waals surface area contributed by atoms with Crippen molar-refractivity contribution in [3.63, 3.8) is 0 Å². The van der Waals surface area contributed by atoms with Gasteiger partial charge in [-0.1, -0.05) is 30.3 Å². The van der Waals surface area contributed by atoms with Crippen LogP contribution in [0.25, 0.3) is 11.1 Å². The van der Waals surface area contributed by atoms with Gasteiger partial charge >= 0.3 is 6.03 Å². The Labute approximate surface area is 152 Å². The molecule has 1 aromatic carbocycles. The number of carbonyl (C=O) groups is 1. The van der Waals surface area contributed by atoms with Crippen LogP contribution in [0.2, 0.25) is 0 Å². The standard InChI is InChI=1S/C19H22N6O/c1-23-18(17(13-21-23)15-7-3-2-4-8-15)22-19(26)25-12-5-9-16(25)14-24-11-6-10-20-24/h2-4,6-8,10-11,13,16H,5,9,12,14H2,1H3,(H,22,26)/t16-/m0/s1. The number of amides is 2. The lowest BCUT2D eigenvalue weighted by molar-refractivity contribution is 0.199. The average molecular weight is 350 g/mol. The predicted octanol–water partition coefficient (Wildman–Crippen LogP) is 2.98. The third kappa shape index (κ3) is 3.20. The summed E-state index contributed by atoms with van der Waals surface area (Å²) in [5.41, 5.74) is 1.95. The molecule has 1 N–H and O–H groups in total. The predicted molar refractivity (Wildman–Crippen MR) is 99.6 cm³/mol. The number of aryl methyl sites for hydroxylation is 1. The lowest BCUT2D eigenvalue weighted by Crippen LogP contribution is -2.41. The molecule has 7 nitrogen and oxygen atoms in total. The van der Waals surface area contributed by atoms with Gasteiger partial charge in [0.1, 0.15) is 5.82 Å². The van der Waals surface area contributed by atoms with Gasteiger partial charge in [-0.15, -0.1) is 0 Å². The number of nitrogens with one attached hydrogen (secondary N) is 1. The van der Waals surface area contributed by atoms with Gasteiger partial charge in [-0.3, -0.25) is 14.7 Å². The molecule has 0 aliphatic carbocycles. The quantitative estimate of drug-likeness (QED) is 0.786. The Hall–Kier alpha value is -3.09. The maximum absolute atomic E-state index is 12.9. The maximum Gasteiger partial charge on any atom is 0.323 e. The van der Waals surface area contributed by atoms with E-state index in [4.69, 9.17) is 0 Å². The van der Waals surface area contributed by atoms with Crippen molar-refractivity contribution < 1.29 is 4.79 Å². The summed E-state index contributed by atoms with van der Waals surface area (Å²) in [6.07, 6.45) is 7.49. The molecule has 0 spiro atoms. The fourth-order valence-corrected chi connectivity index (χ4v) is 3.51. The van der Waals surface area contributed by atoms with E-state index < -0.39 is 0 Å². The van der Waals surface area contributed by atoms with Crippen molar-refractivity contribution in [1.82, 2.24) is 24.5 Å². The lowest BCUT2D eigenvalue weighted by Gasteiger charge is -2.25. The normalized spacial score (nSPS) is 16.8. The summed E-state index contributed by atoms with van der Waals surface area (Å²) < 4.78 is 3.59. The van der Waals surface area contributed by atoms with E-state index in [0.29, 0.717) is 5.82 Å². The smallest absolute Gasteiger partial charge is 0.320 e. The van der Waals surface area contributed by atoms with E-state index in [1.165, 1.54) is 0 Å². The Morgan fingerprint density at radius 1 is 1.23 bits per heavy atom. The third-order valence-electron chi connectivity index (χ3n) is 4.84. The van der Waals surface area contributed by atoms with Gasteiger partial charge in [-0.05, 0) is 24.5 Å². The van der Waals surface area contributed by atoms with Crippen molar-refractivity contribution in [1.29, 1.82) is 0 Å². The van der Waals surface area contributed by atoms with Crippen molar-refractivity contribution in [2.75, 3.05) is 11.9 Å². The zero-order valence-electron chi connectivity index (χ0n) is 14.7. The van der Waals surface area contributed by atoms with E-state index in [0.717, 1.165) is 37.1 Å². The molecule has 1 aliphatic heterocycles. The summed E-state index contributed by atoms with van der Waals surface area (Å²) in [6.45, 7) is 1.48. The number of urea groups is 1. The van der Waals surface area contributed by atoms with Gasteiger partial charge in [-0.2, -0.15) is 10.2 Å². The number of anilines is 1. The van der Waals surface area contributed by atoms with Crippen molar-refractivity contribution in [2.24, 2.45) is 7.05 Å². The van der Waals surface area contributed by atoms with Crippen molar-refractivity contribution in [3.05, 3.63) is 55.0 Å². The Bertz CT molecular complexity index is 871. The summed E-state index contributed by atoms with van der Waals surface area (Å²) in [5.74, 6) is 0.714. The molecule has 1 atom stereocenters. The molecule has 0 bridgehead atoms. The fraction of sp³-hybridized carbons (Fsp3) is 0.316. The topological polar surface area (TPSA) is 68.0 Å². The molecule has 1 aliphatic rings. The first kappa shape index (κ1) is 16.4. The zero-order valence-corrected chi connectivity index (χ0v) is 14.7. The molecule has 2 aromatic heterocycles. The van der Waals surface area contributed by atoms with Crippen LogP contribution < -0.4 is 5.32 Å². The van der Waals surface area contributed by atoms with E-state index in [1.807, 2.05) is 59.2 Å². The average Bonchev–Trinajstić information content (AvgIpc) is 3.39. The van der Waals surface area contributed by atoms with E-state index in [9.17, 15) is 4.79 Å². The molecule has 1 fully saturated rings. The number of nitrogens with zero attached hydrogens (tertiary/aromatic N) is 5. The van der Waals surface area contributed by atoms with Crippen LogP contribution in [0.5, 0.6) is 0 Å². The largest absolute Gasteiger partial charge is 0.323 e. The zero-order chi connectivity index (χ0) is 17.9. The molecule has 0 saturated carbocycles.